The van der Waals surface area contributed by atoms with E-state index in [0.29, 0.717) is 24.2 Å². The zero-order valence-electron chi connectivity index (χ0n) is 25.2. The van der Waals surface area contributed by atoms with Gasteiger partial charge in [0, 0.05) is 19.5 Å². The molecule has 4 aromatic rings. The number of rotatable bonds is 13. The van der Waals surface area contributed by atoms with Crippen LogP contribution in [-0.2, 0) is 39.0 Å². The quantitative estimate of drug-likeness (QED) is 0.210. The normalized spacial score (nSPS) is 11.9. The Kier molecular flexibility index (Phi) is 10.9. The van der Waals surface area contributed by atoms with E-state index < -0.39 is 34.3 Å². The molecule has 1 N–H and O–H groups in total. The van der Waals surface area contributed by atoms with Gasteiger partial charge in [-0.25, -0.2) is 12.8 Å². The van der Waals surface area contributed by atoms with Gasteiger partial charge in [0.05, 0.1) is 10.6 Å². The second-order valence-corrected chi connectivity index (χ2v) is 12.4. The van der Waals surface area contributed by atoms with Crippen molar-refractivity contribution in [3.8, 4) is 0 Å². The van der Waals surface area contributed by atoms with Crippen molar-refractivity contribution in [1.29, 1.82) is 0 Å². The summed E-state index contributed by atoms with van der Waals surface area (Å²) in [5.74, 6) is -1.36. The minimum Gasteiger partial charge on any atom is -0.355 e. The van der Waals surface area contributed by atoms with E-state index in [1.54, 1.807) is 43.3 Å². The number of para-hydroxylation sites is 1. The monoisotopic (exact) mass is 615 g/mol. The standard InChI is InChI=1S/C35H38FN3O4S/c1-4-29-13-9-10-14-32(29)39(44(42,43)31-21-15-26(3)16-22-31)25-34(40)38(24-28-17-19-30(36)20-18-28)33(35(41)37-5-2)23-27-11-7-6-8-12-27/h6-22,33H,4-5,23-25H2,1-3H3,(H,37,41)/t33-/m1/s1. The van der Waals surface area contributed by atoms with Crippen LogP contribution < -0.4 is 9.62 Å². The van der Waals surface area contributed by atoms with Crippen LogP contribution in [0.2, 0.25) is 0 Å². The maximum Gasteiger partial charge on any atom is 0.264 e. The fraction of sp³-hybridized carbons (Fsp3) is 0.257. The van der Waals surface area contributed by atoms with E-state index in [0.717, 1.165) is 21.0 Å². The molecular weight excluding hydrogens is 577 g/mol. The SMILES string of the molecule is CCNC(=O)[C@@H](Cc1ccccc1)N(Cc1ccc(F)cc1)C(=O)CN(c1ccccc1CC)S(=O)(=O)c1ccc(C)cc1. The number of carbonyl (C=O) groups is 2. The van der Waals surface area contributed by atoms with Gasteiger partial charge in [0.1, 0.15) is 18.4 Å². The summed E-state index contributed by atoms with van der Waals surface area (Å²) in [6.07, 6.45) is 0.745. The van der Waals surface area contributed by atoms with E-state index in [1.807, 2.05) is 56.3 Å². The molecule has 0 saturated heterocycles. The minimum atomic E-state index is -4.19. The van der Waals surface area contributed by atoms with Crippen molar-refractivity contribution in [3.63, 3.8) is 0 Å². The lowest BCUT2D eigenvalue weighted by atomic mass is 10.0. The minimum absolute atomic E-state index is 0.0262. The van der Waals surface area contributed by atoms with Crippen molar-refractivity contribution < 1.29 is 22.4 Å². The number of hydrogen-bond acceptors (Lipinski definition) is 4. The van der Waals surface area contributed by atoms with Gasteiger partial charge in [0.25, 0.3) is 10.0 Å². The molecule has 9 heteroatoms. The number of aryl methyl sites for hydroxylation is 2. The van der Waals surface area contributed by atoms with Gasteiger partial charge in [-0.05, 0) is 67.3 Å². The molecule has 2 amide bonds. The molecule has 0 spiro atoms. The third-order valence-electron chi connectivity index (χ3n) is 7.42. The third kappa shape index (κ3) is 7.90. The molecular formula is C35H38FN3O4S. The molecule has 0 saturated carbocycles. The lowest BCUT2D eigenvalue weighted by molar-refractivity contribution is -0.140. The highest BCUT2D eigenvalue weighted by Gasteiger charge is 2.35. The summed E-state index contributed by atoms with van der Waals surface area (Å²) in [6, 6.07) is 27.6. The van der Waals surface area contributed by atoms with Crippen LogP contribution in [0.15, 0.2) is 108 Å². The Morgan fingerprint density at radius 3 is 2.09 bits per heavy atom. The van der Waals surface area contributed by atoms with Gasteiger partial charge in [-0.3, -0.25) is 13.9 Å². The van der Waals surface area contributed by atoms with Crippen LogP contribution in [0.1, 0.15) is 36.1 Å². The summed E-state index contributed by atoms with van der Waals surface area (Å²) < 4.78 is 43.3. The number of nitrogens with one attached hydrogen (secondary N) is 1. The fourth-order valence-corrected chi connectivity index (χ4v) is 6.49. The average Bonchev–Trinajstić information content (AvgIpc) is 3.03. The first kappa shape index (κ1) is 32.4. The van der Waals surface area contributed by atoms with Crippen molar-refractivity contribution in [1.82, 2.24) is 10.2 Å². The van der Waals surface area contributed by atoms with E-state index >= 15 is 0 Å². The number of halogens is 1. The molecule has 4 aromatic carbocycles. The Morgan fingerprint density at radius 1 is 0.818 bits per heavy atom. The van der Waals surface area contributed by atoms with E-state index in [1.165, 1.54) is 29.2 Å². The topological polar surface area (TPSA) is 86.8 Å². The molecule has 0 bridgehead atoms. The Labute approximate surface area is 259 Å². The predicted molar refractivity (Wildman–Crippen MR) is 171 cm³/mol. The Hall–Kier alpha value is -4.50. The van der Waals surface area contributed by atoms with Gasteiger partial charge in [-0.1, -0.05) is 85.3 Å². The number of nitrogens with zero attached hydrogens (tertiary/aromatic N) is 2. The highest BCUT2D eigenvalue weighted by Crippen LogP contribution is 2.28. The van der Waals surface area contributed by atoms with Gasteiger partial charge >= 0.3 is 0 Å². The van der Waals surface area contributed by atoms with Gasteiger partial charge in [0.2, 0.25) is 11.8 Å². The molecule has 1 atom stereocenters. The highest BCUT2D eigenvalue weighted by molar-refractivity contribution is 7.92. The fourth-order valence-electron chi connectivity index (χ4n) is 5.04. The second-order valence-electron chi connectivity index (χ2n) is 10.6. The maximum absolute atomic E-state index is 14.4. The molecule has 0 aromatic heterocycles. The van der Waals surface area contributed by atoms with Crippen molar-refractivity contribution in [2.45, 2.75) is 51.1 Å². The van der Waals surface area contributed by atoms with Crippen LogP contribution in [0, 0.1) is 12.7 Å². The molecule has 0 aliphatic rings. The summed E-state index contributed by atoms with van der Waals surface area (Å²) in [5.41, 5.74) is 3.48. The van der Waals surface area contributed by atoms with Gasteiger partial charge < -0.3 is 10.2 Å². The molecule has 0 unspecified atom stereocenters. The summed E-state index contributed by atoms with van der Waals surface area (Å²) in [6.45, 7) is 5.36. The number of likely N-dealkylation sites (N-methyl/N-ethyl adjacent to an activating group) is 1. The van der Waals surface area contributed by atoms with E-state index in [-0.39, 0.29) is 23.8 Å². The molecule has 0 aliphatic carbocycles. The molecule has 7 nitrogen and oxygen atoms in total. The molecule has 230 valence electrons. The largest absolute Gasteiger partial charge is 0.355 e. The Bertz CT molecular complexity index is 1660. The van der Waals surface area contributed by atoms with Crippen LogP contribution in [0.4, 0.5) is 10.1 Å². The summed E-state index contributed by atoms with van der Waals surface area (Å²) >= 11 is 0. The first-order valence-electron chi connectivity index (χ1n) is 14.7. The number of sulfonamides is 1. The number of amides is 2. The van der Waals surface area contributed by atoms with Crippen molar-refractivity contribution in [2.24, 2.45) is 0 Å². The predicted octanol–water partition coefficient (Wildman–Crippen LogP) is 5.67. The smallest absolute Gasteiger partial charge is 0.264 e. The maximum atomic E-state index is 14.4. The van der Waals surface area contributed by atoms with Gasteiger partial charge in [-0.15, -0.1) is 0 Å². The highest BCUT2D eigenvalue weighted by atomic mass is 32.2. The van der Waals surface area contributed by atoms with Crippen molar-refractivity contribution in [2.75, 3.05) is 17.4 Å². The van der Waals surface area contributed by atoms with Gasteiger partial charge in [0.15, 0.2) is 0 Å². The van der Waals surface area contributed by atoms with Crippen LogP contribution in [0.5, 0.6) is 0 Å². The zero-order chi connectivity index (χ0) is 31.7. The molecule has 0 aliphatic heterocycles. The second kappa shape index (κ2) is 14.8. The van der Waals surface area contributed by atoms with Gasteiger partial charge in [-0.2, -0.15) is 0 Å². The number of benzene rings is 4. The average molecular weight is 616 g/mol. The molecule has 0 radical (unpaired) electrons. The van der Waals surface area contributed by atoms with E-state index in [2.05, 4.69) is 5.32 Å². The molecule has 0 fully saturated rings. The summed E-state index contributed by atoms with van der Waals surface area (Å²) in [7, 11) is -4.19. The summed E-state index contributed by atoms with van der Waals surface area (Å²) in [4.78, 5) is 29.4. The van der Waals surface area contributed by atoms with Crippen LogP contribution >= 0.6 is 0 Å². The zero-order valence-corrected chi connectivity index (χ0v) is 26.1. The lowest BCUT2D eigenvalue weighted by Crippen LogP contribution is -2.53. The van der Waals surface area contributed by atoms with Crippen molar-refractivity contribution in [3.05, 3.63) is 131 Å². The number of hydrogen-bond donors (Lipinski definition) is 1. The molecule has 44 heavy (non-hydrogen) atoms. The summed E-state index contributed by atoms with van der Waals surface area (Å²) in [5, 5.41) is 2.84. The Balaban J connectivity index is 1.82. The Morgan fingerprint density at radius 2 is 1.45 bits per heavy atom. The van der Waals surface area contributed by atoms with Crippen LogP contribution in [0.25, 0.3) is 0 Å². The first-order valence-corrected chi connectivity index (χ1v) is 16.1. The lowest BCUT2D eigenvalue weighted by Gasteiger charge is -2.34. The van der Waals surface area contributed by atoms with Crippen LogP contribution in [0.3, 0.4) is 0 Å². The molecule has 4 rings (SSSR count). The van der Waals surface area contributed by atoms with E-state index in [9.17, 15) is 22.4 Å². The van der Waals surface area contributed by atoms with Crippen molar-refractivity contribution >= 4 is 27.5 Å². The first-order chi connectivity index (χ1) is 21.1. The third-order valence-corrected chi connectivity index (χ3v) is 9.19. The van der Waals surface area contributed by atoms with E-state index in [4.69, 9.17) is 0 Å². The number of anilines is 1. The number of carbonyl (C=O) groups excluding carboxylic acids is 2. The molecule has 0 heterocycles. The van der Waals surface area contributed by atoms with Crippen LogP contribution in [-0.4, -0.2) is 44.3 Å².